The highest BCUT2D eigenvalue weighted by Gasteiger charge is 2.36. The average Bonchev–Trinajstić information content (AvgIpc) is 3.01. The highest BCUT2D eigenvalue weighted by atomic mass is 32.2. The molecule has 8 nitrogen and oxygen atoms in total. The average molecular weight is 656 g/mol. The molecule has 0 aliphatic carbocycles. The summed E-state index contributed by atoms with van der Waals surface area (Å²) < 4.78 is 35.3. The monoisotopic (exact) mass is 655 g/mol. The zero-order chi connectivity index (χ0) is 34.4. The van der Waals surface area contributed by atoms with Crippen LogP contribution < -0.4 is 14.4 Å². The Hall–Kier alpha value is -4.63. The third-order valence-corrected chi connectivity index (χ3v) is 9.54. The first-order chi connectivity index (χ1) is 22.2. The van der Waals surface area contributed by atoms with Gasteiger partial charge in [-0.15, -0.1) is 0 Å². The number of hydrogen-bond acceptors (Lipinski definition) is 5. The lowest BCUT2D eigenvalue weighted by molar-refractivity contribution is -0.140. The number of hydrogen-bond donors (Lipinski definition) is 1. The van der Waals surface area contributed by atoms with Gasteiger partial charge in [-0.3, -0.25) is 13.9 Å². The van der Waals surface area contributed by atoms with Gasteiger partial charge in [-0.2, -0.15) is 0 Å². The molecule has 0 heterocycles. The molecule has 0 radical (unpaired) electrons. The minimum Gasteiger partial charge on any atom is -0.497 e. The lowest BCUT2D eigenvalue weighted by Crippen LogP contribution is -2.56. The molecule has 0 fully saturated rings. The van der Waals surface area contributed by atoms with E-state index in [-0.39, 0.29) is 23.8 Å². The SMILES string of the molecule is COc1cccc(CN(C(=O)CN(c2ccc(C)cc2C)S(=O)(=O)c2ccc(C)cc2)[C@@H](Cc2ccccc2)C(=O)NC(C)(C)C)c1. The van der Waals surface area contributed by atoms with Crippen LogP contribution in [0.1, 0.15) is 48.6 Å². The van der Waals surface area contributed by atoms with Gasteiger partial charge in [-0.1, -0.05) is 77.9 Å². The van der Waals surface area contributed by atoms with Crippen LogP contribution in [0.15, 0.2) is 102 Å². The van der Waals surface area contributed by atoms with E-state index < -0.39 is 34.1 Å². The maximum absolute atomic E-state index is 14.7. The van der Waals surface area contributed by atoms with Crippen LogP contribution >= 0.6 is 0 Å². The maximum Gasteiger partial charge on any atom is 0.264 e. The molecule has 248 valence electrons. The molecule has 0 aromatic heterocycles. The van der Waals surface area contributed by atoms with Gasteiger partial charge < -0.3 is 15.0 Å². The Kier molecular flexibility index (Phi) is 11.1. The molecule has 0 saturated carbocycles. The summed E-state index contributed by atoms with van der Waals surface area (Å²) in [5.74, 6) is -0.252. The predicted octanol–water partition coefficient (Wildman–Crippen LogP) is 6.37. The van der Waals surface area contributed by atoms with Crippen molar-refractivity contribution in [3.05, 3.63) is 125 Å². The van der Waals surface area contributed by atoms with Crippen molar-refractivity contribution in [1.29, 1.82) is 0 Å². The van der Waals surface area contributed by atoms with Gasteiger partial charge in [0.1, 0.15) is 18.3 Å². The molecule has 47 heavy (non-hydrogen) atoms. The maximum atomic E-state index is 14.7. The Morgan fingerprint density at radius 2 is 1.45 bits per heavy atom. The lowest BCUT2D eigenvalue weighted by atomic mass is 10.0. The Balaban J connectivity index is 1.85. The van der Waals surface area contributed by atoms with Crippen LogP contribution in [0.2, 0.25) is 0 Å². The number of rotatable bonds is 12. The number of ether oxygens (including phenoxy) is 1. The second-order valence-corrected chi connectivity index (χ2v) is 14.8. The molecule has 1 N–H and O–H groups in total. The van der Waals surface area contributed by atoms with Crippen molar-refractivity contribution in [3.8, 4) is 5.75 Å². The van der Waals surface area contributed by atoms with Crippen molar-refractivity contribution in [2.24, 2.45) is 0 Å². The van der Waals surface area contributed by atoms with Gasteiger partial charge in [0.25, 0.3) is 10.0 Å². The molecule has 0 bridgehead atoms. The van der Waals surface area contributed by atoms with Gasteiger partial charge in [0.15, 0.2) is 0 Å². The van der Waals surface area contributed by atoms with E-state index in [0.717, 1.165) is 26.6 Å². The molecule has 2 amide bonds. The van der Waals surface area contributed by atoms with Crippen LogP contribution in [-0.4, -0.2) is 50.4 Å². The van der Waals surface area contributed by atoms with Crippen molar-refractivity contribution >= 4 is 27.5 Å². The van der Waals surface area contributed by atoms with Crippen LogP contribution in [-0.2, 0) is 32.6 Å². The molecule has 0 aliphatic heterocycles. The highest BCUT2D eigenvalue weighted by Crippen LogP contribution is 2.29. The van der Waals surface area contributed by atoms with Crippen molar-refractivity contribution in [2.75, 3.05) is 18.0 Å². The van der Waals surface area contributed by atoms with Gasteiger partial charge in [0.05, 0.1) is 17.7 Å². The minimum absolute atomic E-state index is 0.0520. The zero-order valence-corrected chi connectivity index (χ0v) is 29.1. The van der Waals surface area contributed by atoms with Gasteiger partial charge in [0, 0.05) is 18.5 Å². The number of sulfonamides is 1. The minimum atomic E-state index is -4.19. The summed E-state index contributed by atoms with van der Waals surface area (Å²) in [6.45, 7) is 10.8. The first-order valence-electron chi connectivity index (χ1n) is 15.6. The normalized spacial score (nSPS) is 12.2. The quantitative estimate of drug-likeness (QED) is 0.191. The molecular weight excluding hydrogens is 611 g/mol. The summed E-state index contributed by atoms with van der Waals surface area (Å²) in [5, 5.41) is 3.06. The van der Waals surface area contributed by atoms with Gasteiger partial charge in [-0.05, 0) is 88.6 Å². The number of methoxy groups -OCH3 is 1. The Bertz CT molecular complexity index is 1800. The first kappa shape index (κ1) is 35.2. The summed E-state index contributed by atoms with van der Waals surface area (Å²) in [7, 11) is -2.62. The van der Waals surface area contributed by atoms with Crippen molar-refractivity contribution in [3.63, 3.8) is 0 Å². The van der Waals surface area contributed by atoms with Crippen LogP contribution in [0.25, 0.3) is 0 Å². The second kappa shape index (κ2) is 14.9. The van der Waals surface area contributed by atoms with E-state index in [4.69, 9.17) is 4.74 Å². The number of nitrogens with one attached hydrogen (secondary N) is 1. The Morgan fingerprint density at radius 1 is 0.809 bits per heavy atom. The summed E-state index contributed by atoms with van der Waals surface area (Å²) >= 11 is 0. The fraction of sp³-hybridized carbons (Fsp3) is 0.316. The van der Waals surface area contributed by atoms with E-state index in [1.807, 2.05) is 102 Å². The molecule has 0 spiro atoms. The topological polar surface area (TPSA) is 96.0 Å². The summed E-state index contributed by atoms with van der Waals surface area (Å²) in [6, 6.07) is 27.8. The number of aryl methyl sites for hydroxylation is 3. The van der Waals surface area contributed by atoms with E-state index in [9.17, 15) is 18.0 Å². The Morgan fingerprint density at radius 3 is 2.06 bits per heavy atom. The van der Waals surface area contributed by atoms with Gasteiger partial charge >= 0.3 is 0 Å². The largest absolute Gasteiger partial charge is 0.497 e. The van der Waals surface area contributed by atoms with E-state index in [1.165, 1.54) is 4.90 Å². The molecule has 1 atom stereocenters. The number of amides is 2. The van der Waals surface area contributed by atoms with Crippen molar-refractivity contribution in [1.82, 2.24) is 10.2 Å². The summed E-state index contributed by atoms with van der Waals surface area (Å²) in [5.41, 5.74) is 4.00. The number of anilines is 1. The van der Waals surface area contributed by atoms with Gasteiger partial charge in [0.2, 0.25) is 11.8 Å². The second-order valence-electron chi connectivity index (χ2n) is 12.9. The van der Waals surface area contributed by atoms with E-state index in [1.54, 1.807) is 43.5 Å². The van der Waals surface area contributed by atoms with E-state index >= 15 is 0 Å². The van der Waals surface area contributed by atoms with Gasteiger partial charge in [-0.25, -0.2) is 8.42 Å². The molecule has 4 rings (SSSR count). The van der Waals surface area contributed by atoms with Crippen LogP contribution in [0.3, 0.4) is 0 Å². The molecule has 0 aliphatic rings. The van der Waals surface area contributed by atoms with E-state index in [0.29, 0.717) is 17.0 Å². The van der Waals surface area contributed by atoms with Crippen LogP contribution in [0.4, 0.5) is 5.69 Å². The molecule has 4 aromatic carbocycles. The van der Waals surface area contributed by atoms with Crippen molar-refractivity contribution in [2.45, 2.75) is 71.0 Å². The number of carbonyl (C=O) groups is 2. The summed E-state index contributed by atoms with van der Waals surface area (Å²) in [4.78, 5) is 30.3. The Labute approximate surface area is 279 Å². The zero-order valence-electron chi connectivity index (χ0n) is 28.3. The van der Waals surface area contributed by atoms with Crippen LogP contribution in [0, 0.1) is 20.8 Å². The molecule has 0 unspecified atom stereocenters. The van der Waals surface area contributed by atoms with Crippen molar-refractivity contribution < 1.29 is 22.7 Å². The number of benzene rings is 4. The molecular formula is C38H45N3O5S. The third kappa shape index (κ3) is 9.23. The van der Waals surface area contributed by atoms with Crippen LogP contribution in [0.5, 0.6) is 5.75 Å². The smallest absolute Gasteiger partial charge is 0.264 e. The molecule has 4 aromatic rings. The predicted molar refractivity (Wildman–Crippen MR) is 187 cm³/mol. The first-order valence-corrected chi connectivity index (χ1v) is 17.1. The number of nitrogens with zero attached hydrogens (tertiary/aromatic N) is 2. The highest BCUT2D eigenvalue weighted by molar-refractivity contribution is 7.92. The fourth-order valence-corrected chi connectivity index (χ4v) is 6.89. The summed E-state index contributed by atoms with van der Waals surface area (Å²) in [6.07, 6.45) is 0.229. The standard InChI is InChI=1S/C38H45N3O5S/c1-27-16-19-33(20-17-27)47(44,45)41(34-21-18-28(2)22-29(34)3)26-36(42)40(25-31-14-11-15-32(23-31)46-7)35(37(43)39-38(4,5)6)24-30-12-9-8-10-13-30/h8-23,35H,24-26H2,1-7H3,(H,39,43)/t35-/m0/s1. The van der Waals surface area contributed by atoms with E-state index in [2.05, 4.69) is 5.32 Å². The number of carbonyl (C=O) groups excluding carboxylic acids is 2. The molecule has 0 saturated heterocycles. The lowest BCUT2D eigenvalue weighted by Gasteiger charge is -2.35. The third-order valence-electron chi connectivity index (χ3n) is 7.77. The molecule has 9 heteroatoms. The fourth-order valence-electron chi connectivity index (χ4n) is 5.41.